The van der Waals surface area contributed by atoms with Crippen molar-refractivity contribution in [1.82, 2.24) is 0 Å². The largest absolute Gasteiger partial charge is 0.455 e. The Morgan fingerprint density at radius 1 is 0.963 bits per heavy atom. The highest BCUT2D eigenvalue weighted by atomic mass is 32.2. The van der Waals surface area contributed by atoms with Crippen LogP contribution in [0.4, 0.5) is 5.69 Å². The van der Waals surface area contributed by atoms with E-state index >= 15 is 0 Å². The van der Waals surface area contributed by atoms with Gasteiger partial charge in [0.05, 0.1) is 5.75 Å². The third kappa shape index (κ3) is 5.34. The van der Waals surface area contributed by atoms with E-state index in [2.05, 4.69) is 11.4 Å². The first-order valence-corrected chi connectivity index (χ1v) is 9.64. The molecule has 0 aliphatic carbocycles. The Morgan fingerprint density at radius 3 is 2.52 bits per heavy atom. The summed E-state index contributed by atoms with van der Waals surface area (Å²) in [6.07, 6.45) is 0. The van der Waals surface area contributed by atoms with Gasteiger partial charge in [0, 0.05) is 10.6 Å². The Labute approximate surface area is 162 Å². The topological polar surface area (TPSA) is 55.4 Å². The highest BCUT2D eigenvalue weighted by Crippen LogP contribution is 2.23. The van der Waals surface area contributed by atoms with Crippen LogP contribution in [0.3, 0.4) is 0 Å². The van der Waals surface area contributed by atoms with Gasteiger partial charge in [0.2, 0.25) is 0 Å². The molecule has 27 heavy (non-hydrogen) atoms. The minimum atomic E-state index is -0.409. The van der Waals surface area contributed by atoms with E-state index in [9.17, 15) is 9.59 Å². The minimum Gasteiger partial charge on any atom is -0.455 e. The Hall–Kier alpha value is -2.79. The van der Waals surface area contributed by atoms with E-state index in [-0.39, 0.29) is 18.3 Å². The van der Waals surface area contributed by atoms with Crippen LogP contribution in [0.1, 0.15) is 11.1 Å². The van der Waals surface area contributed by atoms with Gasteiger partial charge in [0.15, 0.2) is 6.61 Å². The maximum absolute atomic E-state index is 12.0. The number of hydrogen-bond donors (Lipinski definition) is 1. The van der Waals surface area contributed by atoms with Crippen LogP contribution in [0, 0.1) is 13.8 Å². The van der Waals surface area contributed by atoms with Crippen molar-refractivity contribution in [1.29, 1.82) is 0 Å². The second kappa shape index (κ2) is 8.73. The number of nitrogens with one attached hydrogen (secondary N) is 1. The summed E-state index contributed by atoms with van der Waals surface area (Å²) in [7, 11) is 0. The van der Waals surface area contributed by atoms with Crippen molar-refractivity contribution >= 4 is 40.1 Å². The lowest BCUT2D eigenvalue weighted by atomic mass is 10.1. The number of carbonyl (C=O) groups is 2. The molecule has 0 unspecified atom stereocenters. The van der Waals surface area contributed by atoms with Crippen LogP contribution >= 0.6 is 11.8 Å². The fourth-order valence-corrected chi connectivity index (χ4v) is 3.56. The average Bonchev–Trinajstić information content (AvgIpc) is 2.65. The van der Waals surface area contributed by atoms with Crippen LogP contribution in [0.15, 0.2) is 65.6 Å². The minimum absolute atomic E-state index is 0.174. The van der Waals surface area contributed by atoms with Gasteiger partial charge in [-0.3, -0.25) is 9.59 Å². The Morgan fingerprint density at radius 2 is 1.74 bits per heavy atom. The molecule has 138 valence electrons. The van der Waals surface area contributed by atoms with Gasteiger partial charge in [0.25, 0.3) is 5.91 Å². The van der Waals surface area contributed by atoms with Gasteiger partial charge in [-0.2, -0.15) is 0 Å². The number of esters is 1. The van der Waals surface area contributed by atoms with Crippen LogP contribution in [0.25, 0.3) is 10.8 Å². The number of anilines is 1. The van der Waals surface area contributed by atoms with Crippen molar-refractivity contribution in [2.24, 2.45) is 0 Å². The molecule has 0 heterocycles. The zero-order valence-electron chi connectivity index (χ0n) is 15.3. The highest BCUT2D eigenvalue weighted by Gasteiger charge is 2.10. The maximum atomic E-state index is 12.0. The van der Waals surface area contributed by atoms with E-state index in [1.54, 1.807) is 0 Å². The zero-order chi connectivity index (χ0) is 19.2. The lowest BCUT2D eigenvalue weighted by Gasteiger charge is -2.08. The smallest absolute Gasteiger partial charge is 0.316 e. The summed E-state index contributed by atoms with van der Waals surface area (Å²) >= 11 is 1.41. The normalized spacial score (nSPS) is 10.6. The predicted octanol–water partition coefficient (Wildman–Crippen LogP) is 4.73. The summed E-state index contributed by atoms with van der Waals surface area (Å²) < 4.78 is 5.08. The van der Waals surface area contributed by atoms with Crippen molar-refractivity contribution in [3.63, 3.8) is 0 Å². The molecule has 5 heteroatoms. The highest BCUT2D eigenvalue weighted by molar-refractivity contribution is 8.00. The van der Waals surface area contributed by atoms with Crippen molar-refractivity contribution in [2.45, 2.75) is 18.7 Å². The number of rotatable bonds is 6. The van der Waals surface area contributed by atoms with Gasteiger partial charge in [-0.1, -0.05) is 48.0 Å². The summed E-state index contributed by atoms with van der Waals surface area (Å²) in [5.74, 6) is -0.587. The first-order chi connectivity index (χ1) is 13.0. The molecule has 3 aromatic carbocycles. The van der Waals surface area contributed by atoms with E-state index in [1.807, 2.05) is 68.4 Å². The Bertz CT molecular complexity index is 984. The summed E-state index contributed by atoms with van der Waals surface area (Å²) in [5, 5.41) is 4.90. The van der Waals surface area contributed by atoms with Crippen molar-refractivity contribution in [3.8, 4) is 0 Å². The summed E-state index contributed by atoms with van der Waals surface area (Å²) in [4.78, 5) is 25.0. The van der Waals surface area contributed by atoms with Crippen LogP contribution in [-0.4, -0.2) is 24.2 Å². The first-order valence-electron chi connectivity index (χ1n) is 8.65. The molecule has 0 spiro atoms. The van der Waals surface area contributed by atoms with Crippen LogP contribution in [0.5, 0.6) is 0 Å². The molecule has 3 rings (SSSR count). The number of ether oxygens (including phenoxy) is 1. The van der Waals surface area contributed by atoms with E-state index < -0.39 is 5.97 Å². The van der Waals surface area contributed by atoms with Gasteiger partial charge < -0.3 is 10.1 Å². The van der Waals surface area contributed by atoms with E-state index in [4.69, 9.17) is 4.74 Å². The predicted molar refractivity (Wildman–Crippen MR) is 110 cm³/mol. The summed E-state index contributed by atoms with van der Waals surface area (Å²) in [5.41, 5.74) is 2.99. The van der Waals surface area contributed by atoms with Crippen molar-refractivity contribution in [2.75, 3.05) is 17.7 Å². The van der Waals surface area contributed by atoms with Crippen LogP contribution in [-0.2, 0) is 14.3 Å². The Kier molecular flexibility index (Phi) is 6.14. The molecule has 0 aromatic heterocycles. The maximum Gasteiger partial charge on any atom is 0.316 e. The van der Waals surface area contributed by atoms with Crippen LogP contribution < -0.4 is 5.32 Å². The number of aryl methyl sites for hydroxylation is 2. The number of hydrogen-bond acceptors (Lipinski definition) is 4. The standard InChI is InChI=1S/C22H21NO3S/c1-15-7-10-20(16(2)11-15)27-14-22(25)26-13-21(24)23-19-9-8-17-5-3-4-6-18(17)12-19/h3-12H,13-14H2,1-2H3,(H,23,24). The molecular weight excluding hydrogens is 358 g/mol. The molecule has 3 aromatic rings. The second-order valence-corrected chi connectivity index (χ2v) is 7.35. The lowest BCUT2D eigenvalue weighted by Crippen LogP contribution is -2.21. The SMILES string of the molecule is Cc1ccc(SCC(=O)OCC(=O)Nc2ccc3ccccc3c2)c(C)c1. The fraction of sp³-hybridized carbons (Fsp3) is 0.182. The van der Waals surface area contributed by atoms with Gasteiger partial charge in [0.1, 0.15) is 0 Å². The van der Waals surface area contributed by atoms with Gasteiger partial charge in [-0.05, 0) is 48.4 Å². The monoisotopic (exact) mass is 379 g/mol. The van der Waals surface area contributed by atoms with Gasteiger partial charge in [-0.25, -0.2) is 0 Å². The number of benzene rings is 3. The molecule has 4 nitrogen and oxygen atoms in total. The second-order valence-electron chi connectivity index (χ2n) is 6.33. The molecule has 1 N–H and O–H groups in total. The molecular formula is C22H21NO3S. The molecule has 1 amide bonds. The average molecular weight is 379 g/mol. The number of thioether (sulfide) groups is 1. The molecule has 0 bridgehead atoms. The fourth-order valence-electron chi connectivity index (χ4n) is 2.75. The summed E-state index contributed by atoms with van der Waals surface area (Å²) in [6, 6.07) is 19.7. The van der Waals surface area contributed by atoms with E-state index in [0.717, 1.165) is 21.2 Å². The number of amides is 1. The van der Waals surface area contributed by atoms with Crippen molar-refractivity contribution < 1.29 is 14.3 Å². The van der Waals surface area contributed by atoms with Gasteiger partial charge >= 0.3 is 5.97 Å². The summed E-state index contributed by atoms with van der Waals surface area (Å²) in [6.45, 7) is 3.75. The number of fused-ring (bicyclic) bond motifs is 1. The molecule has 0 saturated carbocycles. The Balaban J connectivity index is 1.47. The lowest BCUT2D eigenvalue weighted by molar-refractivity contribution is -0.144. The van der Waals surface area contributed by atoms with E-state index in [1.165, 1.54) is 17.3 Å². The third-order valence-electron chi connectivity index (χ3n) is 4.07. The zero-order valence-corrected chi connectivity index (χ0v) is 16.1. The van der Waals surface area contributed by atoms with Crippen molar-refractivity contribution in [3.05, 3.63) is 71.8 Å². The molecule has 0 saturated heterocycles. The van der Waals surface area contributed by atoms with Gasteiger partial charge in [-0.15, -0.1) is 11.8 Å². The van der Waals surface area contributed by atoms with Crippen LogP contribution in [0.2, 0.25) is 0 Å². The third-order valence-corrected chi connectivity index (χ3v) is 5.22. The van der Waals surface area contributed by atoms with E-state index in [0.29, 0.717) is 5.69 Å². The first kappa shape index (κ1) is 19.0. The molecule has 0 aliphatic rings. The molecule has 0 radical (unpaired) electrons. The molecule has 0 atom stereocenters. The quantitative estimate of drug-likeness (QED) is 0.497. The molecule has 0 aliphatic heterocycles. The molecule has 0 fully saturated rings. The number of carbonyl (C=O) groups excluding carboxylic acids is 2.